The minimum Gasteiger partial charge on any atom is -0.264 e. The number of hydrogen-bond acceptors (Lipinski definition) is 3. The SMILES string of the molecule is F[C]1C=C=C(c2ccccn2)C=C1.F[C]1C=C=C(c2ccccn2)C=C1.F[C]1C=C=C(c2cccnc2)C=C1.[Ir]. The van der Waals surface area contributed by atoms with Gasteiger partial charge in [-0.2, -0.15) is 0 Å². The molecule has 0 aliphatic heterocycles. The van der Waals surface area contributed by atoms with E-state index in [4.69, 9.17) is 0 Å². The molecule has 0 fully saturated rings. The molecule has 40 heavy (non-hydrogen) atoms. The maximum Gasteiger partial charge on any atom is 0.196 e. The second-order valence-electron chi connectivity index (χ2n) is 7.93. The Balaban J connectivity index is 0.000000163. The van der Waals surface area contributed by atoms with Crippen LogP contribution >= 0.6 is 0 Å². The van der Waals surface area contributed by atoms with Crippen molar-refractivity contribution >= 4 is 16.7 Å². The first kappa shape index (κ1) is 30.2. The smallest absolute Gasteiger partial charge is 0.196 e. The van der Waals surface area contributed by atoms with Gasteiger partial charge in [0.1, 0.15) is 0 Å². The first-order valence-corrected chi connectivity index (χ1v) is 11.8. The molecule has 3 nitrogen and oxygen atoms in total. The summed E-state index contributed by atoms with van der Waals surface area (Å²) in [6.45, 7) is 0. The monoisotopic (exact) mass is 709 g/mol. The Morgan fingerprint density at radius 2 is 0.975 bits per heavy atom. The van der Waals surface area contributed by atoms with Crippen molar-refractivity contribution in [2.45, 2.75) is 0 Å². The van der Waals surface area contributed by atoms with Crippen LogP contribution in [0.2, 0.25) is 0 Å². The van der Waals surface area contributed by atoms with Gasteiger partial charge in [0.2, 0.25) is 0 Å². The second kappa shape index (κ2) is 15.9. The van der Waals surface area contributed by atoms with Crippen LogP contribution in [0.15, 0.2) is 145 Å². The Labute approximate surface area is 245 Å². The molecule has 198 valence electrons. The summed E-state index contributed by atoms with van der Waals surface area (Å²) < 4.78 is 37.7. The molecule has 0 spiro atoms. The summed E-state index contributed by atoms with van der Waals surface area (Å²) in [5.74, 6) is 0. The van der Waals surface area contributed by atoms with Crippen LogP contribution < -0.4 is 0 Å². The summed E-state index contributed by atoms with van der Waals surface area (Å²) >= 11 is 0. The number of halogens is 3. The summed E-state index contributed by atoms with van der Waals surface area (Å²) in [4.78, 5) is 12.2. The van der Waals surface area contributed by atoms with Crippen molar-refractivity contribution in [3.05, 3.63) is 181 Å². The maximum absolute atomic E-state index is 12.6. The van der Waals surface area contributed by atoms with Gasteiger partial charge in [-0.3, -0.25) is 15.0 Å². The summed E-state index contributed by atoms with van der Waals surface area (Å²) in [7, 11) is 0. The molecule has 0 bridgehead atoms. The van der Waals surface area contributed by atoms with Gasteiger partial charge in [0.25, 0.3) is 0 Å². The number of hydrogen-bond donors (Lipinski definition) is 0. The quantitative estimate of drug-likeness (QED) is 0.259. The van der Waals surface area contributed by atoms with E-state index in [1.54, 1.807) is 43.0 Å². The first-order valence-electron chi connectivity index (χ1n) is 11.8. The van der Waals surface area contributed by atoms with Crippen LogP contribution in [0.5, 0.6) is 0 Å². The first-order chi connectivity index (χ1) is 19.1. The minimum atomic E-state index is -0.278. The Kier molecular flexibility index (Phi) is 12.0. The zero-order valence-electron chi connectivity index (χ0n) is 20.9. The molecule has 4 radical (unpaired) electrons. The van der Waals surface area contributed by atoms with Crippen molar-refractivity contribution in [3.63, 3.8) is 0 Å². The standard InChI is InChI=1S/3C11H7FN.Ir/c12-11-5-3-9(4-6-11)10-2-1-7-13-8-10;2*12-10-6-4-9(5-7-10)11-3-1-2-8-13-11;/h1-3,5-8H;2*1-4,6-8H;. The predicted octanol–water partition coefficient (Wildman–Crippen LogP) is 8.07. The molecule has 0 saturated carbocycles. The average Bonchev–Trinajstić information content (AvgIpc) is 3.00. The van der Waals surface area contributed by atoms with Gasteiger partial charge in [-0.15, -0.1) is 17.2 Å². The molecule has 0 saturated heterocycles. The van der Waals surface area contributed by atoms with E-state index in [0.29, 0.717) is 0 Å². The van der Waals surface area contributed by atoms with Crippen LogP contribution in [0.25, 0.3) is 16.7 Å². The molecule has 7 heteroatoms. The van der Waals surface area contributed by atoms with Crippen LogP contribution in [0.4, 0.5) is 13.2 Å². The fourth-order valence-electron chi connectivity index (χ4n) is 3.28. The van der Waals surface area contributed by atoms with Crippen LogP contribution in [0.3, 0.4) is 0 Å². The maximum atomic E-state index is 12.6. The molecule has 3 aromatic rings. The molecule has 6 rings (SSSR count). The molecule has 3 aromatic heterocycles. The molecule has 0 amide bonds. The molecule has 0 unspecified atom stereocenters. The van der Waals surface area contributed by atoms with E-state index in [1.165, 1.54) is 36.5 Å². The second-order valence-corrected chi connectivity index (χ2v) is 7.93. The van der Waals surface area contributed by atoms with Crippen molar-refractivity contribution in [2.24, 2.45) is 0 Å². The number of allylic oxidation sites excluding steroid dienone is 9. The third-order valence-electron chi connectivity index (χ3n) is 5.18. The Morgan fingerprint density at radius 3 is 1.32 bits per heavy atom. The van der Waals surface area contributed by atoms with E-state index in [9.17, 15) is 13.2 Å². The van der Waals surface area contributed by atoms with Crippen molar-refractivity contribution in [2.75, 3.05) is 0 Å². The van der Waals surface area contributed by atoms with E-state index >= 15 is 0 Å². The van der Waals surface area contributed by atoms with Gasteiger partial charge in [-0.1, -0.05) is 18.2 Å². The number of pyridine rings is 3. The van der Waals surface area contributed by atoms with E-state index < -0.39 is 0 Å². The van der Waals surface area contributed by atoms with Gasteiger partial charge >= 0.3 is 0 Å². The van der Waals surface area contributed by atoms with Gasteiger partial charge in [0.05, 0.1) is 11.4 Å². The van der Waals surface area contributed by atoms with E-state index in [1.807, 2.05) is 48.5 Å². The largest absolute Gasteiger partial charge is 0.264 e. The van der Waals surface area contributed by atoms with Gasteiger partial charge < -0.3 is 0 Å². The van der Waals surface area contributed by atoms with E-state index in [0.717, 1.165) is 33.7 Å². The van der Waals surface area contributed by atoms with Gasteiger partial charge in [-0.05, 0) is 66.8 Å². The zero-order chi connectivity index (χ0) is 27.3. The summed E-state index contributed by atoms with van der Waals surface area (Å²) in [5.41, 5.74) is 13.5. The van der Waals surface area contributed by atoms with Gasteiger partial charge in [0.15, 0.2) is 18.5 Å². The summed E-state index contributed by atoms with van der Waals surface area (Å²) in [5, 5.41) is 0. The molecule has 3 heterocycles. The molecule has 0 N–H and O–H groups in total. The normalized spacial score (nSPS) is 15.5. The Morgan fingerprint density at radius 1 is 0.500 bits per heavy atom. The molecule has 3 aliphatic rings. The summed E-state index contributed by atoms with van der Waals surface area (Å²) in [6, 6.07) is 14.9. The third-order valence-corrected chi connectivity index (χ3v) is 5.18. The Bertz CT molecular complexity index is 1350. The number of nitrogens with zero attached hydrogens (tertiary/aromatic N) is 3. The molecular formula is C33H21F3IrN3. The molecular weight excluding hydrogens is 688 g/mol. The fourth-order valence-corrected chi connectivity index (χ4v) is 3.28. The molecule has 0 atom stereocenters. The van der Waals surface area contributed by atoms with Crippen LogP contribution in [0, 0.1) is 18.5 Å². The topological polar surface area (TPSA) is 38.7 Å². The number of rotatable bonds is 3. The fraction of sp³-hybridized carbons (Fsp3) is 0. The van der Waals surface area contributed by atoms with Crippen molar-refractivity contribution in [1.82, 2.24) is 15.0 Å². The van der Waals surface area contributed by atoms with Crippen LogP contribution in [0.1, 0.15) is 17.0 Å². The van der Waals surface area contributed by atoms with Gasteiger partial charge in [0, 0.05) is 85.4 Å². The van der Waals surface area contributed by atoms with Crippen LogP contribution in [-0.2, 0) is 20.1 Å². The molecule has 3 aliphatic carbocycles. The van der Waals surface area contributed by atoms with E-state index in [-0.39, 0.29) is 38.6 Å². The Hall–Kier alpha value is -4.33. The average molecular weight is 709 g/mol. The molecule has 0 aromatic carbocycles. The van der Waals surface area contributed by atoms with Crippen molar-refractivity contribution in [3.8, 4) is 0 Å². The summed E-state index contributed by atoms with van der Waals surface area (Å²) in [6.07, 6.45) is 19.2. The van der Waals surface area contributed by atoms with E-state index in [2.05, 4.69) is 32.1 Å². The van der Waals surface area contributed by atoms with Gasteiger partial charge in [-0.25, -0.2) is 13.2 Å². The third kappa shape index (κ3) is 9.45. The zero-order valence-corrected chi connectivity index (χ0v) is 23.3. The van der Waals surface area contributed by atoms with Crippen molar-refractivity contribution < 1.29 is 33.3 Å². The minimum absolute atomic E-state index is 0. The van der Waals surface area contributed by atoms with Crippen molar-refractivity contribution in [1.29, 1.82) is 0 Å². The number of aromatic nitrogens is 3. The predicted molar refractivity (Wildman–Crippen MR) is 148 cm³/mol. The van der Waals surface area contributed by atoms with Crippen LogP contribution in [-0.4, -0.2) is 15.0 Å².